The van der Waals surface area contributed by atoms with E-state index in [9.17, 15) is 0 Å². The van der Waals surface area contributed by atoms with Gasteiger partial charge in [-0.2, -0.15) is 0 Å². The van der Waals surface area contributed by atoms with E-state index in [1.807, 2.05) is 0 Å². The molecule has 1 nitrogen and oxygen atoms in total. The van der Waals surface area contributed by atoms with Crippen molar-refractivity contribution in [2.45, 2.75) is 58.3 Å². The maximum absolute atomic E-state index is 3.42. The molecule has 0 saturated heterocycles. The van der Waals surface area contributed by atoms with Crippen LogP contribution in [-0.2, 0) is 0 Å². The Bertz CT molecular complexity index is 192. The molecule has 2 unspecified atom stereocenters. The van der Waals surface area contributed by atoms with Crippen LogP contribution >= 0.6 is 0 Å². The van der Waals surface area contributed by atoms with Crippen molar-refractivity contribution in [3.8, 4) is 0 Å². The molecule has 2 rings (SSSR count). The van der Waals surface area contributed by atoms with Crippen LogP contribution in [0.4, 0.5) is 0 Å². The van der Waals surface area contributed by atoms with Gasteiger partial charge in [-0.3, -0.25) is 0 Å². The van der Waals surface area contributed by atoms with Crippen molar-refractivity contribution in [3.63, 3.8) is 0 Å². The fourth-order valence-corrected chi connectivity index (χ4v) is 4.09. The van der Waals surface area contributed by atoms with E-state index in [2.05, 4.69) is 19.3 Å². The monoisotopic (exact) mass is 223 g/mol. The van der Waals surface area contributed by atoms with Crippen molar-refractivity contribution in [1.29, 1.82) is 0 Å². The first-order valence-electron chi connectivity index (χ1n) is 7.46. The van der Waals surface area contributed by atoms with E-state index >= 15 is 0 Å². The van der Waals surface area contributed by atoms with E-state index in [1.165, 1.54) is 57.9 Å². The quantitative estimate of drug-likeness (QED) is 0.766. The summed E-state index contributed by atoms with van der Waals surface area (Å²) in [5.74, 6) is 4.10. The summed E-state index contributed by atoms with van der Waals surface area (Å²) in [5.41, 5.74) is 0. The molecule has 0 heterocycles. The molecule has 2 fully saturated rings. The van der Waals surface area contributed by atoms with Crippen LogP contribution in [0, 0.1) is 23.7 Å². The first kappa shape index (κ1) is 12.4. The Balaban J connectivity index is 1.89. The first-order valence-corrected chi connectivity index (χ1v) is 7.46. The number of hydrogen-bond donors (Lipinski definition) is 1. The van der Waals surface area contributed by atoms with Gasteiger partial charge in [0.1, 0.15) is 0 Å². The molecule has 0 bridgehead atoms. The second-order valence-corrected chi connectivity index (χ2v) is 6.29. The summed E-state index contributed by atoms with van der Waals surface area (Å²) in [7, 11) is 2.12. The Kier molecular flexibility index (Phi) is 4.69. The van der Waals surface area contributed by atoms with Crippen LogP contribution in [0.2, 0.25) is 0 Å². The highest BCUT2D eigenvalue weighted by Gasteiger charge is 2.32. The van der Waals surface area contributed by atoms with Gasteiger partial charge in [-0.25, -0.2) is 0 Å². The molecule has 94 valence electrons. The third kappa shape index (κ3) is 3.00. The van der Waals surface area contributed by atoms with Gasteiger partial charge in [0.25, 0.3) is 0 Å². The Morgan fingerprint density at radius 3 is 2.31 bits per heavy atom. The summed E-state index contributed by atoms with van der Waals surface area (Å²) in [5, 5.41) is 3.42. The number of nitrogens with one attached hydrogen (secondary N) is 1. The fourth-order valence-electron chi connectivity index (χ4n) is 4.09. The standard InChI is InChI=1S/C15H29N/c1-12-7-9-13(10-8-12)15-6-4-3-5-14(15)11-16-2/h12-16H,3-11H2,1-2H3. The highest BCUT2D eigenvalue weighted by atomic mass is 14.8. The number of rotatable bonds is 3. The normalized spacial score (nSPS) is 40.9. The molecular weight excluding hydrogens is 194 g/mol. The maximum Gasteiger partial charge on any atom is -0.00208 e. The zero-order chi connectivity index (χ0) is 11.4. The highest BCUT2D eigenvalue weighted by molar-refractivity contribution is 4.84. The van der Waals surface area contributed by atoms with Crippen LogP contribution in [-0.4, -0.2) is 13.6 Å². The van der Waals surface area contributed by atoms with Gasteiger partial charge in [-0.05, 0) is 62.9 Å². The van der Waals surface area contributed by atoms with Gasteiger partial charge < -0.3 is 5.32 Å². The summed E-state index contributed by atoms with van der Waals surface area (Å²) in [6.45, 7) is 3.69. The second-order valence-electron chi connectivity index (χ2n) is 6.29. The molecule has 2 saturated carbocycles. The lowest BCUT2D eigenvalue weighted by Crippen LogP contribution is -2.34. The van der Waals surface area contributed by atoms with Crippen LogP contribution in [0.15, 0.2) is 0 Å². The van der Waals surface area contributed by atoms with Gasteiger partial charge in [0.15, 0.2) is 0 Å². The zero-order valence-electron chi connectivity index (χ0n) is 11.2. The van der Waals surface area contributed by atoms with Crippen LogP contribution < -0.4 is 5.32 Å². The summed E-state index contributed by atoms with van der Waals surface area (Å²) in [6.07, 6.45) is 12.0. The molecule has 0 amide bonds. The molecular formula is C15H29N. The minimum Gasteiger partial charge on any atom is -0.319 e. The van der Waals surface area contributed by atoms with E-state index < -0.39 is 0 Å². The van der Waals surface area contributed by atoms with E-state index in [1.54, 1.807) is 0 Å². The second kappa shape index (κ2) is 6.05. The van der Waals surface area contributed by atoms with Gasteiger partial charge in [-0.15, -0.1) is 0 Å². The molecule has 1 heteroatoms. The molecule has 0 radical (unpaired) electrons. The zero-order valence-corrected chi connectivity index (χ0v) is 11.2. The molecule has 2 aliphatic carbocycles. The molecule has 2 aliphatic rings. The van der Waals surface area contributed by atoms with E-state index in [-0.39, 0.29) is 0 Å². The summed E-state index contributed by atoms with van der Waals surface area (Å²) in [4.78, 5) is 0. The average Bonchev–Trinajstić information content (AvgIpc) is 2.32. The highest BCUT2D eigenvalue weighted by Crippen LogP contribution is 2.42. The largest absolute Gasteiger partial charge is 0.319 e. The van der Waals surface area contributed by atoms with Gasteiger partial charge in [0.05, 0.1) is 0 Å². The van der Waals surface area contributed by atoms with Crippen LogP contribution in [0.1, 0.15) is 58.3 Å². The van der Waals surface area contributed by atoms with Crippen molar-refractivity contribution in [3.05, 3.63) is 0 Å². The Labute approximate surface area is 101 Å². The first-order chi connectivity index (χ1) is 7.81. The van der Waals surface area contributed by atoms with E-state index in [4.69, 9.17) is 0 Å². The Hall–Kier alpha value is -0.0400. The summed E-state index contributed by atoms with van der Waals surface area (Å²) in [6, 6.07) is 0. The topological polar surface area (TPSA) is 12.0 Å². The van der Waals surface area contributed by atoms with Gasteiger partial charge >= 0.3 is 0 Å². The molecule has 1 N–H and O–H groups in total. The Morgan fingerprint density at radius 2 is 1.62 bits per heavy atom. The van der Waals surface area contributed by atoms with Crippen molar-refractivity contribution in [2.24, 2.45) is 23.7 Å². The van der Waals surface area contributed by atoms with E-state index in [0.29, 0.717) is 0 Å². The maximum atomic E-state index is 3.42. The predicted molar refractivity (Wildman–Crippen MR) is 70.5 cm³/mol. The summed E-state index contributed by atoms with van der Waals surface area (Å²) >= 11 is 0. The fraction of sp³-hybridized carbons (Fsp3) is 1.00. The number of hydrogen-bond acceptors (Lipinski definition) is 1. The van der Waals surface area contributed by atoms with Gasteiger partial charge in [0.2, 0.25) is 0 Å². The van der Waals surface area contributed by atoms with Crippen molar-refractivity contribution in [2.75, 3.05) is 13.6 Å². The molecule has 16 heavy (non-hydrogen) atoms. The molecule has 0 aromatic rings. The van der Waals surface area contributed by atoms with Gasteiger partial charge in [-0.1, -0.05) is 32.6 Å². The molecule has 0 aromatic carbocycles. The van der Waals surface area contributed by atoms with Crippen LogP contribution in [0.25, 0.3) is 0 Å². The lowest BCUT2D eigenvalue weighted by atomic mass is 9.67. The minimum atomic E-state index is 0.983. The third-order valence-corrected chi connectivity index (χ3v) is 5.10. The van der Waals surface area contributed by atoms with Crippen molar-refractivity contribution < 1.29 is 0 Å². The average molecular weight is 223 g/mol. The third-order valence-electron chi connectivity index (χ3n) is 5.10. The Morgan fingerprint density at radius 1 is 0.938 bits per heavy atom. The molecule has 0 spiro atoms. The van der Waals surface area contributed by atoms with Crippen molar-refractivity contribution >= 4 is 0 Å². The van der Waals surface area contributed by atoms with Crippen LogP contribution in [0.5, 0.6) is 0 Å². The van der Waals surface area contributed by atoms with Gasteiger partial charge in [0, 0.05) is 0 Å². The molecule has 0 aliphatic heterocycles. The molecule has 2 atom stereocenters. The van der Waals surface area contributed by atoms with Crippen LogP contribution in [0.3, 0.4) is 0 Å². The molecule has 0 aromatic heterocycles. The predicted octanol–water partition coefficient (Wildman–Crippen LogP) is 3.84. The van der Waals surface area contributed by atoms with E-state index in [0.717, 1.165) is 23.7 Å². The summed E-state index contributed by atoms with van der Waals surface area (Å²) < 4.78 is 0. The minimum absolute atomic E-state index is 0.983. The lowest BCUT2D eigenvalue weighted by molar-refractivity contribution is 0.115. The van der Waals surface area contributed by atoms with Crippen molar-refractivity contribution in [1.82, 2.24) is 5.32 Å². The SMILES string of the molecule is CNCC1CCCCC1C1CCC(C)CC1. The smallest absolute Gasteiger partial charge is 0.00208 e. The lowest BCUT2D eigenvalue weighted by Gasteiger charge is -2.40.